The first-order valence-electron chi connectivity index (χ1n) is 4.69. The van der Waals surface area contributed by atoms with Gasteiger partial charge < -0.3 is 4.74 Å². The molecule has 2 amide bonds. The molecule has 1 rings (SSSR count). The molecule has 88 valence electrons. The molecule has 6 heteroatoms. The maximum absolute atomic E-state index is 11.7. The van der Waals surface area contributed by atoms with Gasteiger partial charge in [-0.2, -0.15) is 5.06 Å². The molecule has 6 nitrogen and oxygen atoms in total. The summed E-state index contributed by atoms with van der Waals surface area (Å²) in [5, 5.41) is 0.579. The highest BCUT2D eigenvalue weighted by Crippen LogP contribution is 2.29. The summed E-state index contributed by atoms with van der Waals surface area (Å²) < 4.78 is 4.78. The molecule has 1 heterocycles. The van der Waals surface area contributed by atoms with Crippen LogP contribution in [0.5, 0.6) is 0 Å². The molecular weight excluding hydrogens is 214 g/mol. The molecule has 0 aliphatic carbocycles. The Balaban J connectivity index is 2.79. The van der Waals surface area contributed by atoms with Crippen LogP contribution in [0.2, 0.25) is 0 Å². The number of hydrogen-bond donors (Lipinski definition) is 0. The minimum absolute atomic E-state index is 0.0156. The van der Waals surface area contributed by atoms with Crippen LogP contribution in [0.15, 0.2) is 12.7 Å². The number of hydroxylamine groups is 2. The van der Waals surface area contributed by atoms with Crippen LogP contribution in [0, 0.1) is 5.41 Å². The zero-order valence-corrected chi connectivity index (χ0v) is 9.19. The molecular formula is C10H13NO5. The van der Waals surface area contributed by atoms with Gasteiger partial charge in [0.05, 0.1) is 0 Å². The fourth-order valence-electron chi connectivity index (χ4n) is 1.21. The fourth-order valence-corrected chi connectivity index (χ4v) is 1.21. The first-order valence-corrected chi connectivity index (χ1v) is 4.69. The number of hydrogen-bond acceptors (Lipinski definition) is 5. The van der Waals surface area contributed by atoms with E-state index in [1.54, 1.807) is 0 Å². The average molecular weight is 227 g/mol. The van der Waals surface area contributed by atoms with E-state index in [1.807, 2.05) is 0 Å². The number of carbonyl (C=O) groups is 3. The lowest BCUT2D eigenvalue weighted by Gasteiger charge is -2.16. The van der Waals surface area contributed by atoms with E-state index in [4.69, 9.17) is 9.57 Å². The van der Waals surface area contributed by atoms with Crippen LogP contribution in [0.25, 0.3) is 0 Å². The number of imide groups is 1. The molecule has 1 atom stereocenters. The number of nitrogens with zero attached hydrogens (tertiary/aromatic N) is 1. The van der Waals surface area contributed by atoms with Gasteiger partial charge in [0.2, 0.25) is 5.91 Å². The zero-order valence-electron chi connectivity index (χ0n) is 9.19. The molecule has 0 bridgehead atoms. The number of amides is 2. The van der Waals surface area contributed by atoms with Crippen molar-refractivity contribution < 1.29 is 24.0 Å². The van der Waals surface area contributed by atoms with Gasteiger partial charge in [0, 0.05) is 6.92 Å². The normalized spacial score (nSPS) is 24.4. The summed E-state index contributed by atoms with van der Waals surface area (Å²) in [6, 6.07) is 0. The predicted molar refractivity (Wildman–Crippen MR) is 52.7 cm³/mol. The summed E-state index contributed by atoms with van der Waals surface area (Å²) in [6.45, 7) is 5.77. The Morgan fingerprint density at radius 1 is 1.69 bits per heavy atom. The van der Waals surface area contributed by atoms with E-state index in [0.717, 1.165) is 0 Å². The molecule has 1 fully saturated rings. The second-order valence-electron chi connectivity index (χ2n) is 3.61. The summed E-state index contributed by atoms with van der Waals surface area (Å²) in [4.78, 5) is 39.2. The topological polar surface area (TPSA) is 72.9 Å². The molecule has 1 saturated heterocycles. The Labute approximate surface area is 92.8 Å². The number of rotatable bonds is 3. The maximum atomic E-state index is 11.7. The van der Waals surface area contributed by atoms with Crippen LogP contribution in [-0.4, -0.2) is 36.1 Å². The minimum Gasteiger partial charge on any atom is -0.461 e. The SMILES string of the molecule is C=CCOC(=O)C1(C)CON(C(C)=O)C1=O. The molecule has 0 aromatic carbocycles. The van der Waals surface area contributed by atoms with Gasteiger partial charge in [-0.15, -0.1) is 0 Å². The van der Waals surface area contributed by atoms with Crippen molar-refractivity contribution in [1.29, 1.82) is 0 Å². The van der Waals surface area contributed by atoms with Crippen LogP contribution < -0.4 is 0 Å². The summed E-state index contributed by atoms with van der Waals surface area (Å²) >= 11 is 0. The Morgan fingerprint density at radius 2 is 2.31 bits per heavy atom. The smallest absolute Gasteiger partial charge is 0.324 e. The van der Waals surface area contributed by atoms with Crippen molar-refractivity contribution in [3.8, 4) is 0 Å². The number of ether oxygens (including phenoxy) is 1. The first-order chi connectivity index (χ1) is 7.43. The van der Waals surface area contributed by atoms with E-state index in [9.17, 15) is 14.4 Å². The molecule has 0 aromatic heterocycles. The third-order valence-electron chi connectivity index (χ3n) is 2.21. The number of esters is 1. The highest BCUT2D eigenvalue weighted by Gasteiger charge is 2.53. The molecule has 0 N–H and O–H groups in total. The fraction of sp³-hybridized carbons (Fsp3) is 0.500. The van der Waals surface area contributed by atoms with Gasteiger partial charge in [0.25, 0.3) is 5.91 Å². The molecule has 0 radical (unpaired) electrons. The van der Waals surface area contributed by atoms with Crippen molar-refractivity contribution in [1.82, 2.24) is 5.06 Å². The first kappa shape index (κ1) is 12.4. The van der Waals surface area contributed by atoms with Crippen molar-refractivity contribution in [2.75, 3.05) is 13.2 Å². The summed E-state index contributed by atoms with van der Waals surface area (Å²) in [6.07, 6.45) is 1.39. The lowest BCUT2D eigenvalue weighted by atomic mass is 9.92. The Hall–Kier alpha value is -1.69. The van der Waals surface area contributed by atoms with Crippen molar-refractivity contribution in [3.63, 3.8) is 0 Å². The van der Waals surface area contributed by atoms with Gasteiger partial charge in [-0.05, 0) is 6.92 Å². The largest absolute Gasteiger partial charge is 0.461 e. The van der Waals surface area contributed by atoms with Gasteiger partial charge in [0.15, 0.2) is 5.41 Å². The van der Waals surface area contributed by atoms with E-state index in [2.05, 4.69) is 6.58 Å². The molecule has 16 heavy (non-hydrogen) atoms. The van der Waals surface area contributed by atoms with Gasteiger partial charge in [0.1, 0.15) is 13.2 Å². The molecule has 0 aromatic rings. The van der Waals surface area contributed by atoms with Crippen molar-refractivity contribution >= 4 is 17.8 Å². The molecule has 0 saturated carbocycles. The second kappa shape index (κ2) is 4.44. The van der Waals surface area contributed by atoms with Crippen LogP contribution >= 0.6 is 0 Å². The van der Waals surface area contributed by atoms with Crippen molar-refractivity contribution in [2.24, 2.45) is 5.41 Å². The van der Waals surface area contributed by atoms with Crippen LogP contribution in [0.4, 0.5) is 0 Å². The second-order valence-corrected chi connectivity index (χ2v) is 3.61. The highest BCUT2D eigenvalue weighted by atomic mass is 16.7. The van der Waals surface area contributed by atoms with E-state index < -0.39 is 23.2 Å². The number of carbonyl (C=O) groups excluding carboxylic acids is 3. The van der Waals surface area contributed by atoms with E-state index in [-0.39, 0.29) is 13.2 Å². The van der Waals surface area contributed by atoms with Crippen molar-refractivity contribution in [3.05, 3.63) is 12.7 Å². The predicted octanol–water partition coefficient (Wildman–Crippen LogP) is 0.0422. The lowest BCUT2D eigenvalue weighted by molar-refractivity contribution is -0.176. The average Bonchev–Trinajstić information content (AvgIpc) is 2.53. The van der Waals surface area contributed by atoms with E-state index in [1.165, 1.54) is 19.9 Å². The molecule has 0 spiro atoms. The van der Waals surface area contributed by atoms with Gasteiger partial charge in [-0.1, -0.05) is 12.7 Å². The van der Waals surface area contributed by atoms with Crippen LogP contribution in [0.3, 0.4) is 0 Å². The Kier molecular flexibility index (Phi) is 3.44. The summed E-state index contributed by atoms with van der Waals surface area (Å²) in [5.41, 5.74) is -1.45. The monoisotopic (exact) mass is 227 g/mol. The maximum Gasteiger partial charge on any atom is 0.324 e. The van der Waals surface area contributed by atoms with Crippen molar-refractivity contribution in [2.45, 2.75) is 13.8 Å². The van der Waals surface area contributed by atoms with E-state index in [0.29, 0.717) is 5.06 Å². The third-order valence-corrected chi connectivity index (χ3v) is 2.21. The third kappa shape index (κ3) is 1.96. The minimum atomic E-state index is -1.45. The summed E-state index contributed by atoms with van der Waals surface area (Å²) in [5.74, 6) is -1.99. The quantitative estimate of drug-likeness (QED) is 0.386. The zero-order chi connectivity index (χ0) is 12.3. The molecule has 1 aliphatic rings. The Morgan fingerprint density at radius 3 is 2.75 bits per heavy atom. The Bertz CT molecular complexity index is 351. The summed E-state index contributed by atoms with van der Waals surface area (Å²) in [7, 11) is 0. The molecule has 1 aliphatic heterocycles. The van der Waals surface area contributed by atoms with Crippen LogP contribution in [0.1, 0.15) is 13.8 Å². The van der Waals surface area contributed by atoms with Gasteiger partial charge in [-0.25, -0.2) is 0 Å². The van der Waals surface area contributed by atoms with Gasteiger partial charge in [-0.3, -0.25) is 19.2 Å². The lowest BCUT2D eigenvalue weighted by Crippen LogP contribution is -2.41. The highest BCUT2D eigenvalue weighted by molar-refractivity contribution is 6.08. The van der Waals surface area contributed by atoms with E-state index >= 15 is 0 Å². The van der Waals surface area contributed by atoms with Gasteiger partial charge >= 0.3 is 5.97 Å². The molecule has 1 unspecified atom stereocenters. The van der Waals surface area contributed by atoms with Crippen LogP contribution in [-0.2, 0) is 24.0 Å². The standard InChI is InChI=1S/C10H13NO5/c1-4-5-15-9(14)10(3)6-16-11(7(2)12)8(10)13/h4H,1,5-6H2,2-3H3.